The summed E-state index contributed by atoms with van der Waals surface area (Å²) in [5, 5.41) is 3.87. The fourth-order valence-corrected chi connectivity index (χ4v) is 1.21. The summed E-state index contributed by atoms with van der Waals surface area (Å²) in [4.78, 5) is 4.22. The topological polar surface area (TPSA) is 48.2 Å². The van der Waals surface area contributed by atoms with Gasteiger partial charge in [-0.25, -0.2) is 0 Å². The minimum atomic E-state index is 0.371. The first-order chi connectivity index (χ1) is 7.40. The predicted octanol–water partition coefficient (Wildman–Crippen LogP) is 2.27. The van der Waals surface area contributed by atoms with Gasteiger partial charge in [0, 0.05) is 12.2 Å². The largest absolute Gasteiger partial charge is 0.372 e. The second kappa shape index (κ2) is 4.70. The van der Waals surface area contributed by atoms with Gasteiger partial charge >= 0.3 is 0 Å². The highest BCUT2D eigenvalue weighted by Gasteiger charge is 2.07. The Balaban J connectivity index is 2.14. The van der Waals surface area contributed by atoms with Gasteiger partial charge in [0.25, 0.3) is 5.89 Å². The minimum absolute atomic E-state index is 0.371. The first-order valence-electron chi connectivity index (χ1n) is 4.86. The van der Waals surface area contributed by atoms with Crippen LogP contribution >= 0.6 is 0 Å². The molecule has 1 heterocycles. The lowest BCUT2D eigenvalue weighted by Crippen LogP contribution is -1.91. The Morgan fingerprint density at radius 3 is 2.80 bits per heavy atom. The zero-order valence-corrected chi connectivity index (χ0v) is 8.51. The van der Waals surface area contributed by atoms with E-state index in [0.29, 0.717) is 24.9 Å². The molecule has 0 N–H and O–H groups in total. The van der Waals surface area contributed by atoms with Crippen LogP contribution in [0.25, 0.3) is 11.4 Å². The van der Waals surface area contributed by atoms with Crippen LogP contribution in [0, 0.1) is 0 Å². The maximum absolute atomic E-state index is 5.17. The lowest BCUT2D eigenvalue weighted by molar-refractivity contribution is 0.109. The van der Waals surface area contributed by atoms with Crippen molar-refractivity contribution in [2.45, 2.75) is 13.5 Å². The molecule has 1 aromatic heterocycles. The maximum Gasteiger partial charge on any atom is 0.252 e. The second-order valence-electron chi connectivity index (χ2n) is 3.01. The van der Waals surface area contributed by atoms with E-state index < -0.39 is 0 Å². The Morgan fingerprint density at radius 2 is 2.07 bits per heavy atom. The van der Waals surface area contributed by atoms with E-state index in [1.165, 1.54) is 0 Å². The molecule has 4 heteroatoms. The zero-order valence-electron chi connectivity index (χ0n) is 8.51. The third-order valence-corrected chi connectivity index (χ3v) is 1.93. The number of hydrogen-bond acceptors (Lipinski definition) is 4. The molecule has 2 rings (SSSR count). The third-order valence-electron chi connectivity index (χ3n) is 1.93. The summed E-state index contributed by atoms with van der Waals surface area (Å²) in [6.45, 7) is 2.94. The van der Waals surface area contributed by atoms with Gasteiger partial charge in [-0.15, -0.1) is 0 Å². The van der Waals surface area contributed by atoms with Crippen LogP contribution in [0.1, 0.15) is 12.8 Å². The molecule has 0 bridgehead atoms. The van der Waals surface area contributed by atoms with E-state index in [-0.39, 0.29) is 0 Å². The van der Waals surface area contributed by atoms with Crippen molar-refractivity contribution in [2.75, 3.05) is 6.61 Å². The summed E-state index contributed by atoms with van der Waals surface area (Å²) in [5.41, 5.74) is 0.948. The van der Waals surface area contributed by atoms with Crippen molar-refractivity contribution < 1.29 is 9.26 Å². The van der Waals surface area contributed by atoms with Crippen LogP contribution in [-0.2, 0) is 11.3 Å². The minimum Gasteiger partial charge on any atom is -0.372 e. The van der Waals surface area contributed by atoms with E-state index in [1.54, 1.807) is 0 Å². The summed E-state index contributed by atoms with van der Waals surface area (Å²) >= 11 is 0. The quantitative estimate of drug-likeness (QED) is 0.766. The fraction of sp³-hybridized carbons (Fsp3) is 0.273. The van der Waals surface area contributed by atoms with Gasteiger partial charge in [0.1, 0.15) is 6.61 Å². The molecule has 2 aromatic rings. The van der Waals surface area contributed by atoms with Crippen LogP contribution in [0.2, 0.25) is 0 Å². The Morgan fingerprint density at radius 1 is 1.27 bits per heavy atom. The number of aromatic nitrogens is 2. The van der Waals surface area contributed by atoms with Gasteiger partial charge in [-0.05, 0) is 6.92 Å². The van der Waals surface area contributed by atoms with Crippen LogP contribution in [0.15, 0.2) is 34.9 Å². The smallest absolute Gasteiger partial charge is 0.252 e. The molecule has 0 spiro atoms. The van der Waals surface area contributed by atoms with Gasteiger partial charge in [-0.2, -0.15) is 4.98 Å². The molecule has 0 aliphatic rings. The third kappa shape index (κ3) is 2.41. The molecular weight excluding hydrogens is 192 g/mol. The normalized spacial score (nSPS) is 10.5. The van der Waals surface area contributed by atoms with Gasteiger partial charge in [0.2, 0.25) is 5.82 Å². The number of ether oxygens (including phenoxy) is 1. The summed E-state index contributed by atoms with van der Waals surface area (Å²) in [6.07, 6.45) is 0. The van der Waals surface area contributed by atoms with Crippen LogP contribution in [0.4, 0.5) is 0 Å². The van der Waals surface area contributed by atoms with Crippen molar-refractivity contribution >= 4 is 0 Å². The summed E-state index contributed by atoms with van der Waals surface area (Å²) < 4.78 is 10.2. The molecule has 0 atom stereocenters. The Hall–Kier alpha value is -1.68. The first kappa shape index (κ1) is 9.86. The molecular formula is C11H12N2O2. The SMILES string of the molecule is CCOCc1nc(-c2ccccc2)no1. The Kier molecular flexibility index (Phi) is 3.09. The summed E-state index contributed by atoms with van der Waals surface area (Å²) in [5.74, 6) is 1.11. The molecule has 0 aliphatic carbocycles. The van der Waals surface area contributed by atoms with Crippen molar-refractivity contribution in [3.8, 4) is 11.4 Å². The lowest BCUT2D eigenvalue weighted by Gasteiger charge is -1.92. The van der Waals surface area contributed by atoms with Crippen LogP contribution < -0.4 is 0 Å². The highest BCUT2D eigenvalue weighted by atomic mass is 16.5. The molecule has 0 radical (unpaired) electrons. The van der Waals surface area contributed by atoms with Crippen molar-refractivity contribution in [3.05, 3.63) is 36.2 Å². The zero-order chi connectivity index (χ0) is 10.5. The highest BCUT2D eigenvalue weighted by Crippen LogP contribution is 2.14. The maximum atomic E-state index is 5.17. The standard InChI is InChI=1S/C11H12N2O2/c1-2-14-8-10-12-11(13-15-10)9-6-4-3-5-7-9/h3-7H,2,8H2,1H3. The van der Waals surface area contributed by atoms with E-state index >= 15 is 0 Å². The molecule has 0 unspecified atom stereocenters. The number of benzene rings is 1. The summed E-state index contributed by atoms with van der Waals surface area (Å²) in [6, 6.07) is 9.71. The van der Waals surface area contributed by atoms with Crippen molar-refractivity contribution in [1.82, 2.24) is 10.1 Å². The number of nitrogens with zero attached hydrogens (tertiary/aromatic N) is 2. The Bertz CT molecular complexity index is 412. The average Bonchev–Trinajstić information content (AvgIpc) is 2.76. The van der Waals surface area contributed by atoms with Crippen molar-refractivity contribution in [1.29, 1.82) is 0 Å². The molecule has 0 saturated carbocycles. The van der Waals surface area contributed by atoms with Gasteiger partial charge in [0.05, 0.1) is 0 Å². The van der Waals surface area contributed by atoms with Gasteiger partial charge in [-0.1, -0.05) is 35.5 Å². The first-order valence-corrected chi connectivity index (χ1v) is 4.86. The molecule has 0 fully saturated rings. The molecule has 0 aliphatic heterocycles. The van der Waals surface area contributed by atoms with Crippen LogP contribution in [0.3, 0.4) is 0 Å². The van der Waals surface area contributed by atoms with Crippen LogP contribution in [-0.4, -0.2) is 16.7 Å². The second-order valence-corrected chi connectivity index (χ2v) is 3.01. The molecule has 0 saturated heterocycles. The number of rotatable bonds is 4. The predicted molar refractivity (Wildman–Crippen MR) is 55.1 cm³/mol. The van der Waals surface area contributed by atoms with E-state index in [1.807, 2.05) is 37.3 Å². The van der Waals surface area contributed by atoms with E-state index in [4.69, 9.17) is 9.26 Å². The summed E-state index contributed by atoms with van der Waals surface area (Å²) in [7, 11) is 0. The van der Waals surface area contributed by atoms with E-state index in [9.17, 15) is 0 Å². The molecule has 78 valence electrons. The highest BCUT2D eigenvalue weighted by molar-refractivity contribution is 5.53. The van der Waals surface area contributed by atoms with Gasteiger partial charge in [0.15, 0.2) is 0 Å². The van der Waals surface area contributed by atoms with Crippen molar-refractivity contribution in [2.24, 2.45) is 0 Å². The molecule has 4 nitrogen and oxygen atoms in total. The fourth-order valence-electron chi connectivity index (χ4n) is 1.21. The number of hydrogen-bond donors (Lipinski definition) is 0. The molecule has 1 aromatic carbocycles. The molecule has 15 heavy (non-hydrogen) atoms. The lowest BCUT2D eigenvalue weighted by atomic mass is 10.2. The van der Waals surface area contributed by atoms with Gasteiger partial charge < -0.3 is 9.26 Å². The van der Waals surface area contributed by atoms with E-state index in [2.05, 4.69) is 10.1 Å². The van der Waals surface area contributed by atoms with E-state index in [0.717, 1.165) is 5.56 Å². The van der Waals surface area contributed by atoms with Crippen LogP contribution in [0.5, 0.6) is 0 Å². The monoisotopic (exact) mass is 204 g/mol. The average molecular weight is 204 g/mol. The Labute approximate surface area is 87.9 Å². The van der Waals surface area contributed by atoms with Gasteiger partial charge in [-0.3, -0.25) is 0 Å². The molecule has 0 amide bonds. The van der Waals surface area contributed by atoms with Crippen molar-refractivity contribution in [3.63, 3.8) is 0 Å².